The van der Waals surface area contributed by atoms with Gasteiger partial charge < -0.3 is 9.47 Å². The summed E-state index contributed by atoms with van der Waals surface area (Å²) >= 11 is 0. The fourth-order valence-electron chi connectivity index (χ4n) is 2.00. The van der Waals surface area contributed by atoms with Crippen LogP contribution >= 0.6 is 0 Å². The number of benzene rings is 2. The van der Waals surface area contributed by atoms with Gasteiger partial charge in [0.1, 0.15) is 0 Å². The molecule has 8 nitrogen and oxygen atoms in total. The third kappa shape index (κ3) is 3.86. The van der Waals surface area contributed by atoms with E-state index in [1.807, 2.05) is 0 Å². The largest absolute Gasteiger partial charge is 0.493 e. The van der Waals surface area contributed by atoms with E-state index in [1.54, 1.807) is 18.2 Å². The zero-order chi connectivity index (χ0) is 17.5. The molecule has 0 fully saturated rings. The Morgan fingerprint density at radius 2 is 1.96 bits per heavy atom. The van der Waals surface area contributed by atoms with Crippen LogP contribution in [0, 0.1) is 10.1 Å². The van der Waals surface area contributed by atoms with Crippen LogP contribution in [-0.2, 0) is 0 Å². The first-order valence-electron chi connectivity index (χ1n) is 6.85. The molecule has 0 spiro atoms. The number of hydrogen-bond donors (Lipinski definition) is 1. The molecule has 0 aromatic heterocycles. The second kappa shape index (κ2) is 7.73. The summed E-state index contributed by atoms with van der Waals surface area (Å²) in [5, 5.41) is 14.6. The van der Waals surface area contributed by atoms with Crippen LogP contribution in [-0.4, -0.2) is 31.3 Å². The Hall–Kier alpha value is -3.42. The van der Waals surface area contributed by atoms with Crippen LogP contribution < -0.4 is 14.9 Å². The smallest absolute Gasteiger partial charge is 0.271 e. The van der Waals surface area contributed by atoms with Gasteiger partial charge in [-0.25, -0.2) is 5.43 Å². The number of nitrogens with one attached hydrogen (secondary N) is 1. The van der Waals surface area contributed by atoms with Crippen molar-refractivity contribution in [1.82, 2.24) is 5.43 Å². The van der Waals surface area contributed by atoms with Crippen molar-refractivity contribution in [2.45, 2.75) is 0 Å². The van der Waals surface area contributed by atoms with Crippen molar-refractivity contribution >= 4 is 17.8 Å². The summed E-state index contributed by atoms with van der Waals surface area (Å²) in [6.45, 7) is 0. The van der Waals surface area contributed by atoms with Gasteiger partial charge in [-0.3, -0.25) is 14.9 Å². The van der Waals surface area contributed by atoms with Crippen molar-refractivity contribution in [2.75, 3.05) is 14.2 Å². The van der Waals surface area contributed by atoms with Crippen LogP contribution in [0.25, 0.3) is 0 Å². The van der Waals surface area contributed by atoms with Crippen molar-refractivity contribution in [3.63, 3.8) is 0 Å². The van der Waals surface area contributed by atoms with E-state index in [1.165, 1.54) is 44.7 Å². The molecule has 0 radical (unpaired) electrons. The number of nitrogens with zero attached hydrogens (tertiary/aromatic N) is 2. The Morgan fingerprint density at radius 1 is 1.21 bits per heavy atom. The normalized spacial score (nSPS) is 10.4. The standard InChI is InChI=1S/C16H15N3O5/c1-23-14-8-4-6-12(15(14)24-2)10-17-18-16(20)11-5-3-7-13(9-11)19(21)22/h3-10H,1-2H3,(H,18,20). The number of nitro groups is 1. The van der Waals surface area contributed by atoms with Gasteiger partial charge in [0.15, 0.2) is 11.5 Å². The summed E-state index contributed by atoms with van der Waals surface area (Å²) in [6, 6.07) is 10.6. The van der Waals surface area contributed by atoms with Gasteiger partial charge in [0.2, 0.25) is 0 Å². The first kappa shape index (κ1) is 16.9. The quantitative estimate of drug-likeness (QED) is 0.498. The van der Waals surface area contributed by atoms with Gasteiger partial charge in [0.25, 0.3) is 11.6 Å². The molecule has 0 aliphatic rings. The molecule has 0 saturated carbocycles. The van der Waals surface area contributed by atoms with Crippen molar-refractivity contribution < 1.29 is 19.2 Å². The Labute approximate surface area is 137 Å². The highest BCUT2D eigenvalue weighted by molar-refractivity contribution is 5.95. The molecule has 2 rings (SSSR count). The lowest BCUT2D eigenvalue weighted by Gasteiger charge is -2.09. The monoisotopic (exact) mass is 329 g/mol. The molecule has 24 heavy (non-hydrogen) atoms. The molecule has 0 bridgehead atoms. The van der Waals surface area contributed by atoms with E-state index in [9.17, 15) is 14.9 Å². The predicted molar refractivity (Wildman–Crippen MR) is 87.7 cm³/mol. The van der Waals surface area contributed by atoms with E-state index in [0.29, 0.717) is 17.1 Å². The Morgan fingerprint density at radius 3 is 2.62 bits per heavy atom. The van der Waals surface area contributed by atoms with Crippen molar-refractivity contribution in [3.05, 3.63) is 63.7 Å². The molecule has 2 aromatic rings. The number of nitro benzene ring substituents is 1. The molecule has 0 aliphatic heterocycles. The minimum Gasteiger partial charge on any atom is -0.493 e. The van der Waals surface area contributed by atoms with Crippen molar-refractivity contribution in [3.8, 4) is 11.5 Å². The summed E-state index contributed by atoms with van der Waals surface area (Å²) in [5.74, 6) is 0.455. The van der Waals surface area contributed by atoms with Gasteiger partial charge in [0.05, 0.1) is 25.4 Å². The number of carbonyl (C=O) groups is 1. The van der Waals surface area contributed by atoms with E-state index in [0.717, 1.165) is 0 Å². The van der Waals surface area contributed by atoms with E-state index >= 15 is 0 Å². The molecule has 124 valence electrons. The minimum absolute atomic E-state index is 0.138. The Kier molecular flexibility index (Phi) is 5.45. The number of methoxy groups -OCH3 is 2. The highest BCUT2D eigenvalue weighted by Gasteiger charge is 2.11. The van der Waals surface area contributed by atoms with Crippen LogP contribution in [0.15, 0.2) is 47.6 Å². The third-order valence-electron chi connectivity index (χ3n) is 3.12. The van der Waals surface area contributed by atoms with E-state index in [2.05, 4.69) is 10.5 Å². The molecule has 2 aromatic carbocycles. The van der Waals surface area contributed by atoms with Crippen LogP contribution in [0.2, 0.25) is 0 Å². The first-order chi connectivity index (χ1) is 11.6. The summed E-state index contributed by atoms with van der Waals surface area (Å²) in [5.41, 5.74) is 2.89. The molecule has 0 atom stereocenters. The number of carbonyl (C=O) groups excluding carboxylic acids is 1. The molecule has 0 saturated heterocycles. The highest BCUT2D eigenvalue weighted by atomic mass is 16.6. The maximum Gasteiger partial charge on any atom is 0.271 e. The summed E-state index contributed by atoms with van der Waals surface area (Å²) in [7, 11) is 3.01. The summed E-state index contributed by atoms with van der Waals surface area (Å²) in [4.78, 5) is 22.1. The number of hydrogen-bond acceptors (Lipinski definition) is 6. The second-order valence-corrected chi connectivity index (χ2v) is 4.59. The second-order valence-electron chi connectivity index (χ2n) is 4.59. The van der Waals surface area contributed by atoms with Crippen LogP contribution in [0.5, 0.6) is 11.5 Å². The summed E-state index contributed by atoms with van der Waals surface area (Å²) in [6.07, 6.45) is 1.40. The van der Waals surface area contributed by atoms with Crippen molar-refractivity contribution in [1.29, 1.82) is 0 Å². The molecule has 8 heteroatoms. The van der Waals surface area contributed by atoms with Crippen LogP contribution in [0.1, 0.15) is 15.9 Å². The molecule has 1 N–H and O–H groups in total. The number of non-ortho nitro benzene ring substituents is 1. The number of hydrazone groups is 1. The topological polar surface area (TPSA) is 103 Å². The number of para-hydroxylation sites is 1. The molecular formula is C16H15N3O5. The van der Waals surface area contributed by atoms with E-state index in [-0.39, 0.29) is 11.3 Å². The fraction of sp³-hybridized carbons (Fsp3) is 0.125. The lowest BCUT2D eigenvalue weighted by molar-refractivity contribution is -0.384. The zero-order valence-corrected chi connectivity index (χ0v) is 13.1. The minimum atomic E-state index is -0.568. The van der Waals surface area contributed by atoms with Gasteiger partial charge in [-0.15, -0.1) is 0 Å². The average Bonchev–Trinajstić information content (AvgIpc) is 2.61. The molecular weight excluding hydrogens is 314 g/mol. The number of amides is 1. The third-order valence-corrected chi connectivity index (χ3v) is 3.12. The van der Waals surface area contributed by atoms with E-state index in [4.69, 9.17) is 9.47 Å². The Balaban J connectivity index is 2.13. The van der Waals surface area contributed by atoms with Crippen LogP contribution in [0.3, 0.4) is 0 Å². The predicted octanol–water partition coefficient (Wildman–Crippen LogP) is 2.38. The zero-order valence-electron chi connectivity index (χ0n) is 13.1. The average molecular weight is 329 g/mol. The fourth-order valence-corrected chi connectivity index (χ4v) is 2.00. The highest BCUT2D eigenvalue weighted by Crippen LogP contribution is 2.29. The van der Waals surface area contributed by atoms with Gasteiger partial charge in [-0.2, -0.15) is 5.10 Å². The van der Waals surface area contributed by atoms with Crippen LogP contribution in [0.4, 0.5) is 5.69 Å². The lowest BCUT2D eigenvalue weighted by Crippen LogP contribution is -2.17. The molecule has 0 heterocycles. The SMILES string of the molecule is COc1cccc(C=NNC(=O)c2cccc([N+](=O)[O-])c2)c1OC. The van der Waals surface area contributed by atoms with Gasteiger partial charge >= 0.3 is 0 Å². The van der Waals surface area contributed by atoms with Gasteiger partial charge in [-0.05, 0) is 18.2 Å². The summed E-state index contributed by atoms with van der Waals surface area (Å²) < 4.78 is 10.4. The van der Waals surface area contributed by atoms with Crippen molar-refractivity contribution in [2.24, 2.45) is 5.10 Å². The number of rotatable bonds is 6. The van der Waals surface area contributed by atoms with E-state index < -0.39 is 10.8 Å². The molecule has 1 amide bonds. The lowest BCUT2D eigenvalue weighted by atomic mass is 10.2. The maximum absolute atomic E-state index is 12.0. The maximum atomic E-state index is 12.0. The van der Waals surface area contributed by atoms with Gasteiger partial charge in [-0.1, -0.05) is 12.1 Å². The molecule has 0 aliphatic carbocycles. The van der Waals surface area contributed by atoms with Gasteiger partial charge in [0, 0.05) is 23.3 Å². The first-order valence-corrected chi connectivity index (χ1v) is 6.85. The Bertz CT molecular complexity index is 789. The molecule has 0 unspecified atom stereocenters. The number of ether oxygens (including phenoxy) is 2.